The second-order valence-corrected chi connectivity index (χ2v) is 5.76. The van der Waals surface area contributed by atoms with Crippen LogP contribution < -0.4 is 10.4 Å². The van der Waals surface area contributed by atoms with Gasteiger partial charge in [0.05, 0.1) is 19.0 Å². The average molecular weight is 349 g/mol. The van der Waals surface area contributed by atoms with Crippen molar-refractivity contribution in [3.8, 4) is 33.9 Å². The lowest BCUT2D eigenvalue weighted by Gasteiger charge is -2.07. The Morgan fingerprint density at radius 2 is 1.96 bits per heavy atom. The van der Waals surface area contributed by atoms with Gasteiger partial charge in [0.1, 0.15) is 22.8 Å². The molecule has 0 bridgehead atoms. The third kappa shape index (κ3) is 2.50. The second-order valence-electron chi connectivity index (χ2n) is 5.76. The van der Waals surface area contributed by atoms with Crippen molar-refractivity contribution in [1.82, 2.24) is 14.6 Å². The van der Waals surface area contributed by atoms with Crippen LogP contribution >= 0.6 is 0 Å². The molecule has 0 spiro atoms. The van der Waals surface area contributed by atoms with Crippen LogP contribution in [0.25, 0.3) is 28.0 Å². The number of hydrogen-bond acceptors (Lipinski definition) is 6. The van der Waals surface area contributed by atoms with Crippen molar-refractivity contribution in [2.24, 2.45) is 0 Å². The lowest BCUT2D eigenvalue weighted by atomic mass is 10.1. The highest BCUT2D eigenvalue weighted by atomic mass is 16.5. The molecule has 0 unspecified atom stereocenters. The molecule has 1 aromatic carbocycles. The fourth-order valence-corrected chi connectivity index (χ4v) is 2.89. The molecule has 0 fully saturated rings. The van der Waals surface area contributed by atoms with E-state index in [4.69, 9.17) is 9.15 Å². The first-order valence-electron chi connectivity index (χ1n) is 7.89. The topological polar surface area (TPSA) is 89.9 Å². The molecule has 130 valence electrons. The van der Waals surface area contributed by atoms with E-state index in [-0.39, 0.29) is 11.3 Å². The van der Waals surface area contributed by atoms with Crippen molar-refractivity contribution >= 4 is 5.65 Å². The van der Waals surface area contributed by atoms with Gasteiger partial charge in [-0.25, -0.2) is 14.3 Å². The number of rotatable bonds is 3. The van der Waals surface area contributed by atoms with Crippen molar-refractivity contribution in [1.29, 1.82) is 0 Å². The van der Waals surface area contributed by atoms with Gasteiger partial charge in [-0.2, -0.15) is 5.10 Å². The molecule has 4 rings (SSSR count). The summed E-state index contributed by atoms with van der Waals surface area (Å²) in [5.74, 6) is 0.926. The number of aromatic hydroxyl groups is 1. The van der Waals surface area contributed by atoms with Gasteiger partial charge in [-0.1, -0.05) is 12.1 Å². The molecule has 3 heterocycles. The predicted octanol–water partition coefficient (Wildman–Crippen LogP) is 3.04. The van der Waals surface area contributed by atoms with E-state index in [2.05, 4.69) is 10.1 Å². The van der Waals surface area contributed by atoms with Crippen molar-refractivity contribution < 1.29 is 14.3 Å². The normalized spacial score (nSPS) is 11.0. The lowest BCUT2D eigenvalue weighted by Crippen LogP contribution is -2.08. The van der Waals surface area contributed by atoms with E-state index in [1.807, 2.05) is 24.3 Å². The minimum atomic E-state index is -0.628. The Morgan fingerprint density at radius 1 is 1.19 bits per heavy atom. The van der Waals surface area contributed by atoms with Crippen LogP contribution in [0.15, 0.2) is 58.0 Å². The molecule has 26 heavy (non-hydrogen) atoms. The van der Waals surface area contributed by atoms with Gasteiger partial charge in [-0.15, -0.1) is 0 Å². The summed E-state index contributed by atoms with van der Waals surface area (Å²) < 4.78 is 11.8. The van der Waals surface area contributed by atoms with Crippen LogP contribution in [0.2, 0.25) is 0 Å². The number of aryl methyl sites for hydroxylation is 1. The molecule has 0 radical (unpaired) electrons. The molecule has 7 nitrogen and oxygen atoms in total. The zero-order chi connectivity index (χ0) is 18.3. The van der Waals surface area contributed by atoms with Crippen LogP contribution in [-0.2, 0) is 0 Å². The zero-order valence-electron chi connectivity index (χ0n) is 14.1. The van der Waals surface area contributed by atoms with Crippen molar-refractivity contribution in [3.05, 3.63) is 65.0 Å². The highest BCUT2D eigenvalue weighted by Crippen LogP contribution is 2.30. The molecule has 0 amide bonds. The fraction of sp³-hybridized carbons (Fsp3) is 0.105. The van der Waals surface area contributed by atoms with Crippen LogP contribution in [0.4, 0.5) is 0 Å². The first kappa shape index (κ1) is 15.9. The standard InChI is InChI=1S/C19H15N3O4/c1-11-9-16(23)17(19(24)26-11)15-7-8-20-18-14(10-21-22(15)18)12-3-5-13(25-2)6-4-12/h3-10,23H,1-2H3. The Labute approximate surface area is 148 Å². The summed E-state index contributed by atoms with van der Waals surface area (Å²) in [6.07, 6.45) is 3.23. The van der Waals surface area contributed by atoms with Crippen LogP contribution in [0.1, 0.15) is 5.76 Å². The maximum Gasteiger partial charge on any atom is 0.349 e. The molecule has 0 saturated heterocycles. The molecule has 0 aliphatic carbocycles. The summed E-state index contributed by atoms with van der Waals surface area (Å²) >= 11 is 0. The average Bonchev–Trinajstić information content (AvgIpc) is 3.06. The zero-order valence-corrected chi connectivity index (χ0v) is 14.1. The van der Waals surface area contributed by atoms with Gasteiger partial charge in [0.25, 0.3) is 0 Å². The van der Waals surface area contributed by atoms with Crippen LogP contribution in [0, 0.1) is 6.92 Å². The molecule has 0 atom stereocenters. The van der Waals surface area contributed by atoms with E-state index >= 15 is 0 Å². The molecule has 0 aliphatic rings. The third-order valence-corrected chi connectivity index (χ3v) is 4.11. The molecule has 0 aliphatic heterocycles. The molecule has 7 heteroatoms. The van der Waals surface area contributed by atoms with Crippen LogP contribution in [0.5, 0.6) is 11.5 Å². The van der Waals surface area contributed by atoms with E-state index in [0.717, 1.165) is 16.9 Å². The number of aromatic nitrogens is 3. The number of benzene rings is 1. The monoisotopic (exact) mass is 349 g/mol. The van der Waals surface area contributed by atoms with Crippen LogP contribution in [0.3, 0.4) is 0 Å². The van der Waals surface area contributed by atoms with E-state index in [9.17, 15) is 9.90 Å². The Kier molecular flexibility index (Phi) is 3.69. The first-order valence-corrected chi connectivity index (χ1v) is 7.89. The van der Waals surface area contributed by atoms with E-state index in [1.165, 1.54) is 10.6 Å². The Hall–Kier alpha value is -3.61. The van der Waals surface area contributed by atoms with Gasteiger partial charge in [-0.3, -0.25) is 0 Å². The molecular weight excluding hydrogens is 334 g/mol. The Bertz CT molecular complexity index is 1160. The highest BCUT2D eigenvalue weighted by Gasteiger charge is 2.18. The van der Waals surface area contributed by atoms with Crippen molar-refractivity contribution in [2.45, 2.75) is 6.92 Å². The number of ether oxygens (including phenoxy) is 1. The summed E-state index contributed by atoms with van der Waals surface area (Å²) in [7, 11) is 1.61. The SMILES string of the molecule is COc1ccc(-c2cnn3c(-c4c(O)cc(C)oc4=O)ccnc23)cc1. The maximum atomic E-state index is 12.3. The van der Waals surface area contributed by atoms with Gasteiger partial charge in [-0.05, 0) is 30.7 Å². The van der Waals surface area contributed by atoms with Gasteiger partial charge < -0.3 is 14.3 Å². The molecule has 0 saturated carbocycles. The maximum absolute atomic E-state index is 12.3. The number of fused-ring (bicyclic) bond motifs is 1. The number of hydrogen-bond donors (Lipinski definition) is 1. The third-order valence-electron chi connectivity index (χ3n) is 4.11. The fourth-order valence-electron chi connectivity index (χ4n) is 2.89. The lowest BCUT2D eigenvalue weighted by molar-refractivity contribution is 0.415. The summed E-state index contributed by atoms with van der Waals surface area (Å²) in [6, 6.07) is 10.5. The summed E-state index contributed by atoms with van der Waals surface area (Å²) in [6.45, 7) is 1.60. The van der Waals surface area contributed by atoms with E-state index in [1.54, 1.807) is 32.5 Å². The van der Waals surface area contributed by atoms with Crippen molar-refractivity contribution in [2.75, 3.05) is 7.11 Å². The summed E-state index contributed by atoms with van der Waals surface area (Å²) in [4.78, 5) is 16.6. The van der Waals surface area contributed by atoms with Gasteiger partial charge in [0.2, 0.25) is 0 Å². The molecular formula is C19H15N3O4. The minimum absolute atomic E-state index is 0.0485. The van der Waals surface area contributed by atoms with Crippen molar-refractivity contribution in [3.63, 3.8) is 0 Å². The van der Waals surface area contributed by atoms with Gasteiger partial charge >= 0.3 is 5.63 Å². The molecule has 4 aromatic rings. The smallest absolute Gasteiger partial charge is 0.349 e. The quantitative estimate of drug-likeness (QED) is 0.611. The molecule has 3 aromatic heterocycles. The highest BCUT2D eigenvalue weighted by molar-refractivity contribution is 5.79. The largest absolute Gasteiger partial charge is 0.507 e. The van der Waals surface area contributed by atoms with E-state index in [0.29, 0.717) is 17.1 Å². The van der Waals surface area contributed by atoms with Gasteiger partial charge in [0.15, 0.2) is 5.65 Å². The second kappa shape index (κ2) is 6.03. The predicted molar refractivity (Wildman–Crippen MR) is 95.3 cm³/mol. The Balaban J connectivity index is 1.92. The van der Waals surface area contributed by atoms with E-state index < -0.39 is 5.63 Å². The van der Waals surface area contributed by atoms with Gasteiger partial charge in [0, 0.05) is 17.8 Å². The first-order chi connectivity index (χ1) is 12.6. The summed E-state index contributed by atoms with van der Waals surface area (Å²) in [5.41, 5.74) is 2.09. The molecule has 1 N–H and O–H groups in total. The number of nitrogens with zero attached hydrogens (tertiary/aromatic N) is 3. The Morgan fingerprint density at radius 3 is 2.65 bits per heavy atom. The van der Waals surface area contributed by atoms with Crippen LogP contribution in [-0.4, -0.2) is 26.8 Å². The number of methoxy groups -OCH3 is 1. The summed E-state index contributed by atoms with van der Waals surface area (Å²) in [5, 5.41) is 14.6. The minimum Gasteiger partial charge on any atom is -0.507 e.